The molecule has 0 aromatic carbocycles. The minimum absolute atomic E-state index is 0. The molecule has 2 aliphatic carbocycles. The van der Waals surface area contributed by atoms with Crippen LogP contribution in [0.25, 0.3) is 0 Å². The first-order valence-electron chi connectivity index (χ1n) is 9.86. The number of nitrogens with one attached hydrogen (secondary N) is 1. The summed E-state index contributed by atoms with van der Waals surface area (Å²) in [6.45, 7) is 8.88. The largest absolute Gasteiger partial charge is 0.343 e. The Morgan fingerprint density at radius 1 is 1.00 bits per heavy atom. The van der Waals surface area contributed by atoms with Gasteiger partial charge in [-0.1, -0.05) is 0 Å². The zero-order chi connectivity index (χ0) is 17.2. The van der Waals surface area contributed by atoms with Crippen LogP contribution in [0.4, 0.5) is 0 Å². The highest BCUT2D eigenvalue weighted by Gasteiger charge is 2.46. The molecule has 3 rings (SSSR count). The van der Waals surface area contributed by atoms with Gasteiger partial charge in [-0.15, -0.1) is 12.4 Å². The molecule has 2 amide bonds. The second kappa shape index (κ2) is 8.72. The smallest absolute Gasteiger partial charge is 0.230 e. The van der Waals surface area contributed by atoms with Gasteiger partial charge >= 0.3 is 0 Å². The molecule has 1 aliphatic heterocycles. The molecular weight excluding hydrogens is 338 g/mol. The van der Waals surface area contributed by atoms with Crippen molar-refractivity contribution < 1.29 is 9.59 Å². The fraction of sp³-hybridized carbons (Fsp3) is 0.895. The van der Waals surface area contributed by atoms with Crippen molar-refractivity contribution in [1.29, 1.82) is 0 Å². The van der Waals surface area contributed by atoms with Gasteiger partial charge < -0.3 is 15.1 Å². The third-order valence-corrected chi connectivity index (χ3v) is 5.94. The number of carbonyl (C=O) groups excluding carboxylic acids is 2. The summed E-state index contributed by atoms with van der Waals surface area (Å²) in [6.07, 6.45) is 6.17. The average Bonchev–Trinajstić information content (AvgIpc) is 3.51. The topological polar surface area (TPSA) is 52.7 Å². The first-order chi connectivity index (χ1) is 11.6. The fourth-order valence-electron chi connectivity index (χ4n) is 3.88. The van der Waals surface area contributed by atoms with E-state index in [0.717, 1.165) is 39.1 Å². The molecule has 0 aromatic rings. The molecule has 1 N–H and O–H groups in total. The number of nitrogens with zero attached hydrogens (tertiary/aromatic N) is 2. The van der Waals surface area contributed by atoms with Crippen molar-refractivity contribution in [3.05, 3.63) is 0 Å². The molecule has 5 nitrogen and oxygen atoms in total. The first-order valence-corrected chi connectivity index (χ1v) is 9.86. The Morgan fingerprint density at radius 2 is 1.56 bits per heavy atom. The third kappa shape index (κ3) is 5.10. The lowest BCUT2D eigenvalue weighted by molar-refractivity contribution is -0.147. The van der Waals surface area contributed by atoms with Crippen LogP contribution in [0.1, 0.15) is 52.4 Å². The molecule has 3 aliphatic rings. The van der Waals surface area contributed by atoms with Crippen LogP contribution in [-0.2, 0) is 9.59 Å². The summed E-state index contributed by atoms with van der Waals surface area (Å²) in [6, 6.07) is 0. The standard InChI is InChI=1S/C19H33N3O2.ClH/c1-3-21(12-15-5-6-15)17(23)11-19(9-10-20-14-19)18(24)22(4-2)13-16-7-8-16;/h15-16,20H,3-14H2,1-2H3;1H. The van der Waals surface area contributed by atoms with Crippen LogP contribution in [0.5, 0.6) is 0 Å². The zero-order valence-corrected chi connectivity index (χ0v) is 16.6. The predicted molar refractivity (Wildman–Crippen MR) is 102 cm³/mol. The molecule has 1 saturated heterocycles. The van der Waals surface area contributed by atoms with Gasteiger partial charge in [0.05, 0.1) is 5.41 Å². The molecule has 0 aromatic heterocycles. The summed E-state index contributed by atoms with van der Waals surface area (Å²) in [5.41, 5.74) is -0.515. The van der Waals surface area contributed by atoms with Gasteiger partial charge in [-0.25, -0.2) is 0 Å². The van der Waals surface area contributed by atoms with Gasteiger partial charge in [0, 0.05) is 39.1 Å². The Bertz CT molecular complexity index is 471. The van der Waals surface area contributed by atoms with E-state index in [-0.39, 0.29) is 24.2 Å². The number of amides is 2. The molecular formula is C19H34ClN3O2. The highest BCUT2D eigenvalue weighted by molar-refractivity contribution is 5.89. The van der Waals surface area contributed by atoms with Gasteiger partial charge in [-0.2, -0.15) is 0 Å². The summed E-state index contributed by atoms with van der Waals surface area (Å²) in [5, 5.41) is 3.34. The van der Waals surface area contributed by atoms with Gasteiger partial charge in [-0.05, 0) is 64.3 Å². The minimum Gasteiger partial charge on any atom is -0.343 e. The summed E-state index contributed by atoms with van der Waals surface area (Å²) in [5.74, 6) is 1.77. The fourth-order valence-corrected chi connectivity index (χ4v) is 3.88. The Kier molecular flexibility index (Phi) is 7.15. The minimum atomic E-state index is -0.515. The number of hydrogen-bond donors (Lipinski definition) is 1. The van der Waals surface area contributed by atoms with Gasteiger partial charge in [0.2, 0.25) is 11.8 Å². The molecule has 0 radical (unpaired) electrons. The summed E-state index contributed by atoms with van der Waals surface area (Å²) in [4.78, 5) is 30.1. The van der Waals surface area contributed by atoms with E-state index < -0.39 is 5.41 Å². The lowest BCUT2D eigenvalue weighted by Crippen LogP contribution is -2.49. The zero-order valence-electron chi connectivity index (χ0n) is 15.8. The van der Waals surface area contributed by atoms with Gasteiger partial charge in [0.1, 0.15) is 0 Å². The van der Waals surface area contributed by atoms with E-state index in [9.17, 15) is 9.59 Å². The third-order valence-electron chi connectivity index (χ3n) is 5.94. The monoisotopic (exact) mass is 371 g/mol. The van der Waals surface area contributed by atoms with Crippen molar-refractivity contribution in [3.63, 3.8) is 0 Å². The van der Waals surface area contributed by atoms with Gasteiger partial charge in [0.15, 0.2) is 0 Å². The van der Waals surface area contributed by atoms with Crippen molar-refractivity contribution in [2.24, 2.45) is 17.3 Å². The molecule has 0 bridgehead atoms. The first kappa shape index (κ1) is 20.5. The predicted octanol–water partition coefficient (Wildman–Crippen LogP) is 2.30. The van der Waals surface area contributed by atoms with Crippen LogP contribution < -0.4 is 5.32 Å². The molecule has 3 fully saturated rings. The number of rotatable bonds is 9. The Morgan fingerprint density at radius 3 is 2.00 bits per heavy atom. The SMILES string of the molecule is CCN(CC1CC1)C(=O)CC1(C(=O)N(CC)CC2CC2)CCNC1.Cl. The average molecular weight is 372 g/mol. The lowest BCUT2D eigenvalue weighted by atomic mass is 9.81. The van der Waals surface area contributed by atoms with Crippen molar-refractivity contribution >= 4 is 24.2 Å². The maximum atomic E-state index is 13.3. The molecule has 1 unspecified atom stereocenters. The quantitative estimate of drug-likeness (QED) is 0.676. The number of halogens is 1. The maximum Gasteiger partial charge on any atom is 0.230 e. The van der Waals surface area contributed by atoms with Crippen molar-refractivity contribution in [2.45, 2.75) is 52.4 Å². The summed E-state index contributed by atoms with van der Waals surface area (Å²) >= 11 is 0. The van der Waals surface area contributed by atoms with E-state index >= 15 is 0 Å². The van der Waals surface area contributed by atoms with Crippen LogP contribution in [0, 0.1) is 17.3 Å². The van der Waals surface area contributed by atoms with Crippen molar-refractivity contribution in [3.8, 4) is 0 Å². The van der Waals surface area contributed by atoms with E-state index in [0.29, 0.717) is 24.8 Å². The highest BCUT2D eigenvalue weighted by Crippen LogP contribution is 2.36. The van der Waals surface area contributed by atoms with Crippen LogP contribution >= 0.6 is 12.4 Å². The second-order valence-electron chi connectivity index (χ2n) is 8.05. The van der Waals surface area contributed by atoms with Crippen LogP contribution in [0.3, 0.4) is 0 Å². The van der Waals surface area contributed by atoms with E-state index in [1.54, 1.807) is 0 Å². The molecule has 0 spiro atoms. The Balaban J connectivity index is 0.00000225. The summed E-state index contributed by atoms with van der Waals surface area (Å²) in [7, 11) is 0. The van der Waals surface area contributed by atoms with Gasteiger partial charge in [0.25, 0.3) is 0 Å². The molecule has 144 valence electrons. The summed E-state index contributed by atoms with van der Waals surface area (Å²) < 4.78 is 0. The molecule has 1 atom stereocenters. The number of carbonyl (C=O) groups is 2. The van der Waals surface area contributed by atoms with Crippen LogP contribution in [0.2, 0.25) is 0 Å². The molecule has 1 heterocycles. The highest BCUT2D eigenvalue weighted by atomic mass is 35.5. The van der Waals surface area contributed by atoms with E-state index in [1.807, 2.05) is 16.7 Å². The molecule has 25 heavy (non-hydrogen) atoms. The second-order valence-corrected chi connectivity index (χ2v) is 8.05. The molecule has 2 saturated carbocycles. The van der Waals surface area contributed by atoms with E-state index in [1.165, 1.54) is 25.7 Å². The normalized spacial score (nSPS) is 25.4. The van der Waals surface area contributed by atoms with Crippen LogP contribution in [-0.4, -0.2) is 60.9 Å². The van der Waals surface area contributed by atoms with Crippen LogP contribution in [0.15, 0.2) is 0 Å². The van der Waals surface area contributed by atoms with E-state index in [4.69, 9.17) is 0 Å². The maximum absolute atomic E-state index is 13.3. The molecule has 6 heteroatoms. The van der Waals surface area contributed by atoms with Gasteiger partial charge in [-0.3, -0.25) is 9.59 Å². The lowest BCUT2D eigenvalue weighted by Gasteiger charge is -2.34. The Hall–Kier alpha value is -0.810. The number of hydrogen-bond acceptors (Lipinski definition) is 3. The van der Waals surface area contributed by atoms with Crippen molar-refractivity contribution in [2.75, 3.05) is 39.3 Å². The van der Waals surface area contributed by atoms with E-state index in [2.05, 4.69) is 12.2 Å². The van der Waals surface area contributed by atoms with Crippen molar-refractivity contribution in [1.82, 2.24) is 15.1 Å². The Labute approximate surface area is 158 Å².